The lowest BCUT2D eigenvalue weighted by Gasteiger charge is -2.24. The molecule has 1 fully saturated rings. The van der Waals surface area contributed by atoms with E-state index in [4.69, 9.17) is 4.74 Å². The minimum Gasteiger partial charge on any atom is -0.484 e. The van der Waals surface area contributed by atoms with Crippen LogP contribution >= 0.6 is 0 Å². The third-order valence-corrected chi connectivity index (χ3v) is 4.61. The van der Waals surface area contributed by atoms with Gasteiger partial charge in [0.25, 0.3) is 5.91 Å². The van der Waals surface area contributed by atoms with Crippen LogP contribution in [0.3, 0.4) is 0 Å². The molecule has 3 aromatic rings. The van der Waals surface area contributed by atoms with Crippen LogP contribution in [0.4, 0.5) is 11.6 Å². The summed E-state index contributed by atoms with van der Waals surface area (Å²) in [7, 11) is 0. The number of nitrogens with zero attached hydrogens (tertiary/aromatic N) is 4. The summed E-state index contributed by atoms with van der Waals surface area (Å²) in [5, 5.41) is 3.15. The number of likely N-dealkylation sites (tertiary alicyclic amines) is 1. The molecule has 0 radical (unpaired) electrons. The molecule has 0 spiro atoms. The maximum Gasteiger partial charge on any atom is 0.261 e. The average Bonchev–Trinajstić information content (AvgIpc) is 3.24. The molecule has 0 saturated carbocycles. The lowest BCUT2D eigenvalue weighted by Crippen LogP contribution is -2.34. The fourth-order valence-corrected chi connectivity index (χ4v) is 3.32. The summed E-state index contributed by atoms with van der Waals surface area (Å²) in [5.74, 6) is 1.97. The van der Waals surface area contributed by atoms with Gasteiger partial charge in [0.1, 0.15) is 17.4 Å². The minimum atomic E-state index is -0.0459. The van der Waals surface area contributed by atoms with Gasteiger partial charge in [-0.3, -0.25) is 9.78 Å². The first-order valence-corrected chi connectivity index (χ1v) is 9.27. The van der Waals surface area contributed by atoms with Crippen LogP contribution in [0.2, 0.25) is 0 Å². The van der Waals surface area contributed by atoms with Crippen molar-refractivity contribution < 1.29 is 9.53 Å². The minimum absolute atomic E-state index is 0.0259. The van der Waals surface area contributed by atoms with Gasteiger partial charge >= 0.3 is 0 Å². The van der Waals surface area contributed by atoms with Gasteiger partial charge in [-0.15, -0.1) is 0 Å². The van der Waals surface area contributed by atoms with Gasteiger partial charge in [0, 0.05) is 18.9 Å². The van der Waals surface area contributed by atoms with Crippen molar-refractivity contribution in [1.82, 2.24) is 19.9 Å². The number of benzene rings is 1. The van der Waals surface area contributed by atoms with E-state index in [-0.39, 0.29) is 18.6 Å². The Morgan fingerprint density at radius 2 is 2.00 bits per heavy atom. The molecule has 1 aliphatic rings. The predicted octanol–water partition coefficient (Wildman–Crippen LogP) is 3.36. The van der Waals surface area contributed by atoms with E-state index in [1.165, 1.54) is 0 Å². The zero-order chi connectivity index (χ0) is 19.2. The van der Waals surface area contributed by atoms with Gasteiger partial charge in [0.05, 0.1) is 17.9 Å². The Morgan fingerprint density at radius 1 is 1.11 bits per heavy atom. The van der Waals surface area contributed by atoms with Crippen LogP contribution in [0, 0.1) is 0 Å². The van der Waals surface area contributed by atoms with Crippen molar-refractivity contribution in [2.75, 3.05) is 18.5 Å². The summed E-state index contributed by atoms with van der Waals surface area (Å²) in [6.45, 7) is 0.739. The van der Waals surface area contributed by atoms with Crippen LogP contribution in [-0.4, -0.2) is 38.9 Å². The number of carbonyl (C=O) groups excluding carboxylic acids is 1. The number of para-hydroxylation sites is 1. The molecule has 0 unspecified atom stereocenters. The van der Waals surface area contributed by atoms with E-state index in [0.29, 0.717) is 23.9 Å². The highest BCUT2D eigenvalue weighted by atomic mass is 16.5. The van der Waals surface area contributed by atoms with Gasteiger partial charge in [0.15, 0.2) is 6.61 Å². The molecule has 1 atom stereocenters. The molecule has 28 heavy (non-hydrogen) atoms. The van der Waals surface area contributed by atoms with Gasteiger partial charge < -0.3 is 15.0 Å². The molecule has 7 heteroatoms. The summed E-state index contributed by atoms with van der Waals surface area (Å²) in [6.07, 6.45) is 6.72. The highest BCUT2D eigenvalue weighted by Crippen LogP contribution is 2.31. The molecule has 1 N–H and O–H groups in total. The number of amides is 1. The van der Waals surface area contributed by atoms with E-state index in [1.54, 1.807) is 18.6 Å². The number of aromatic nitrogens is 3. The summed E-state index contributed by atoms with van der Waals surface area (Å²) >= 11 is 0. The summed E-state index contributed by atoms with van der Waals surface area (Å²) in [6, 6.07) is 15.1. The molecular formula is C21H21N5O2. The molecule has 1 saturated heterocycles. The molecular weight excluding hydrogens is 354 g/mol. The first-order valence-electron chi connectivity index (χ1n) is 9.27. The number of anilines is 2. The van der Waals surface area contributed by atoms with Gasteiger partial charge in [-0.05, 0) is 37.1 Å². The third kappa shape index (κ3) is 4.25. The average molecular weight is 375 g/mol. The Bertz CT molecular complexity index is 920. The van der Waals surface area contributed by atoms with E-state index in [1.807, 2.05) is 53.4 Å². The van der Waals surface area contributed by atoms with Crippen LogP contribution in [0.25, 0.3) is 0 Å². The van der Waals surface area contributed by atoms with E-state index in [0.717, 1.165) is 18.5 Å². The first kappa shape index (κ1) is 17.9. The fraction of sp³-hybridized carbons (Fsp3) is 0.238. The van der Waals surface area contributed by atoms with Crippen molar-refractivity contribution in [1.29, 1.82) is 0 Å². The number of carbonyl (C=O) groups is 1. The van der Waals surface area contributed by atoms with Crippen molar-refractivity contribution in [3.63, 3.8) is 0 Å². The van der Waals surface area contributed by atoms with Crippen LogP contribution in [0.5, 0.6) is 5.75 Å². The van der Waals surface area contributed by atoms with Gasteiger partial charge in [-0.2, -0.15) is 0 Å². The molecule has 0 bridgehead atoms. The maximum absolute atomic E-state index is 12.7. The molecule has 1 amide bonds. The predicted molar refractivity (Wildman–Crippen MR) is 105 cm³/mol. The van der Waals surface area contributed by atoms with Gasteiger partial charge in [-0.25, -0.2) is 9.97 Å². The number of hydrogen-bond donors (Lipinski definition) is 1. The van der Waals surface area contributed by atoms with Crippen molar-refractivity contribution >= 4 is 17.5 Å². The van der Waals surface area contributed by atoms with Gasteiger partial charge in [0.2, 0.25) is 0 Å². The van der Waals surface area contributed by atoms with E-state index >= 15 is 0 Å². The Labute approximate surface area is 163 Å². The van der Waals surface area contributed by atoms with Crippen molar-refractivity contribution in [2.45, 2.75) is 18.9 Å². The van der Waals surface area contributed by atoms with Gasteiger partial charge in [-0.1, -0.05) is 24.3 Å². The van der Waals surface area contributed by atoms with Crippen LogP contribution < -0.4 is 10.1 Å². The molecule has 1 aliphatic heterocycles. The number of nitrogens with one attached hydrogen (secondary N) is 1. The third-order valence-electron chi connectivity index (χ3n) is 4.61. The van der Waals surface area contributed by atoms with Crippen LogP contribution in [0.15, 0.2) is 67.1 Å². The quantitative estimate of drug-likeness (QED) is 0.712. The standard InChI is InChI=1S/C21H21N5O2/c27-21(15-28-16-6-2-1-3-7-16)26-13-5-9-18(26)17-8-4-10-19(24-17)25-20-14-22-11-12-23-20/h1-4,6-8,10-12,14,18H,5,9,13,15H2,(H,23,24,25)/t18-/m0/s1. The molecule has 7 nitrogen and oxygen atoms in total. The lowest BCUT2D eigenvalue weighted by molar-refractivity contribution is -0.134. The highest BCUT2D eigenvalue weighted by Gasteiger charge is 2.31. The fourth-order valence-electron chi connectivity index (χ4n) is 3.32. The van der Waals surface area contributed by atoms with Crippen LogP contribution in [-0.2, 0) is 4.79 Å². The van der Waals surface area contributed by atoms with Crippen LogP contribution in [0.1, 0.15) is 24.6 Å². The topological polar surface area (TPSA) is 80.2 Å². The molecule has 1 aromatic carbocycles. The maximum atomic E-state index is 12.7. The summed E-state index contributed by atoms with van der Waals surface area (Å²) in [5.41, 5.74) is 0.861. The zero-order valence-corrected chi connectivity index (χ0v) is 15.4. The monoisotopic (exact) mass is 375 g/mol. The number of ether oxygens (including phenoxy) is 1. The largest absolute Gasteiger partial charge is 0.484 e. The number of hydrogen-bond acceptors (Lipinski definition) is 6. The summed E-state index contributed by atoms with van der Waals surface area (Å²) in [4.78, 5) is 27.5. The van der Waals surface area contributed by atoms with E-state index < -0.39 is 0 Å². The smallest absolute Gasteiger partial charge is 0.261 e. The van der Waals surface area contributed by atoms with Crippen molar-refractivity contribution in [2.24, 2.45) is 0 Å². The normalized spacial score (nSPS) is 16.0. The van der Waals surface area contributed by atoms with Crippen molar-refractivity contribution in [3.05, 3.63) is 72.8 Å². The number of rotatable bonds is 6. The molecule has 4 rings (SSSR count). The lowest BCUT2D eigenvalue weighted by atomic mass is 10.1. The highest BCUT2D eigenvalue weighted by molar-refractivity contribution is 5.78. The molecule has 3 heterocycles. The number of pyridine rings is 1. The second-order valence-electron chi connectivity index (χ2n) is 6.51. The molecule has 2 aromatic heterocycles. The van der Waals surface area contributed by atoms with E-state index in [9.17, 15) is 4.79 Å². The SMILES string of the molecule is O=C(COc1ccccc1)N1CCC[C@H]1c1cccc(Nc2cnccn2)n1. The second kappa shape index (κ2) is 8.47. The Hall–Kier alpha value is -3.48. The molecule has 142 valence electrons. The Kier molecular flexibility index (Phi) is 5.42. The summed E-state index contributed by atoms with van der Waals surface area (Å²) < 4.78 is 5.63. The zero-order valence-electron chi connectivity index (χ0n) is 15.4. The Morgan fingerprint density at radius 3 is 2.82 bits per heavy atom. The van der Waals surface area contributed by atoms with E-state index in [2.05, 4.69) is 20.3 Å². The van der Waals surface area contributed by atoms with Crippen molar-refractivity contribution in [3.8, 4) is 5.75 Å². The Balaban J connectivity index is 1.44. The second-order valence-corrected chi connectivity index (χ2v) is 6.51. The molecule has 0 aliphatic carbocycles. The first-order chi connectivity index (χ1) is 13.8.